The molecule has 1 heterocycles. The zero-order chi connectivity index (χ0) is 19.3. The van der Waals surface area contributed by atoms with Gasteiger partial charge in [-0.1, -0.05) is 13.8 Å². The number of sulfonamides is 1. The molecule has 0 unspecified atom stereocenters. The number of aliphatic carboxylic acids is 1. The van der Waals surface area contributed by atoms with Crippen molar-refractivity contribution in [1.82, 2.24) is 19.5 Å². The summed E-state index contributed by atoms with van der Waals surface area (Å²) in [5.41, 5.74) is 0. The lowest BCUT2D eigenvalue weighted by Crippen LogP contribution is -2.41. The number of benzene rings is 1. The van der Waals surface area contributed by atoms with Gasteiger partial charge < -0.3 is 9.84 Å². The average Bonchev–Trinajstić information content (AvgIpc) is 2.97. The van der Waals surface area contributed by atoms with Gasteiger partial charge in [0.25, 0.3) is 0 Å². The van der Waals surface area contributed by atoms with Crippen molar-refractivity contribution in [1.29, 1.82) is 0 Å². The Morgan fingerprint density at radius 1 is 1.31 bits per heavy atom. The normalized spacial score (nSPS) is 12.9. The Morgan fingerprint density at radius 3 is 2.46 bits per heavy atom. The number of hydrogen-bond donors (Lipinski definition) is 2. The van der Waals surface area contributed by atoms with E-state index in [1.165, 1.54) is 30.6 Å². The molecular formula is C16H22N4O5S. The molecular weight excluding hydrogens is 360 g/mol. The van der Waals surface area contributed by atoms with Crippen molar-refractivity contribution >= 4 is 16.0 Å². The Kier molecular flexibility index (Phi) is 6.32. The molecule has 1 aromatic heterocycles. The zero-order valence-corrected chi connectivity index (χ0v) is 15.6. The van der Waals surface area contributed by atoms with E-state index < -0.39 is 22.0 Å². The summed E-state index contributed by atoms with van der Waals surface area (Å²) in [6, 6.07) is 4.56. The molecule has 1 atom stereocenters. The van der Waals surface area contributed by atoms with E-state index >= 15 is 0 Å². The first-order valence-electron chi connectivity index (χ1n) is 8.00. The van der Waals surface area contributed by atoms with Crippen LogP contribution >= 0.6 is 0 Å². The highest BCUT2D eigenvalue weighted by molar-refractivity contribution is 7.89. The Hall–Kier alpha value is -2.46. The Balaban J connectivity index is 2.05. The summed E-state index contributed by atoms with van der Waals surface area (Å²) in [4.78, 5) is 15.3. The molecule has 0 radical (unpaired) electrons. The number of nitrogens with zero attached hydrogens (tertiary/aromatic N) is 3. The summed E-state index contributed by atoms with van der Waals surface area (Å²) >= 11 is 0. The SMILES string of the molecule is CC(C)C[C@H](NS(=O)(=O)c1ccc(OCc2ncnn2C)cc1)C(=O)O. The van der Waals surface area contributed by atoms with Crippen molar-refractivity contribution in [3.05, 3.63) is 36.4 Å². The molecule has 26 heavy (non-hydrogen) atoms. The summed E-state index contributed by atoms with van der Waals surface area (Å²) in [6.07, 6.45) is 1.61. The number of carboxylic acids is 1. The lowest BCUT2D eigenvalue weighted by molar-refractivity contribution is -0.139. The summed E-state index contributed by atoms with van der Waals surface area (Å²) in [6.45, 7) is 3.84. The van der Waals surface area contributed by atoms with E-state index in [4.69, 9.17) is 4.74 Å². The maximum Gasteiger partial charge on any atom is 0.321 e. The molecule has 0 fully saturated rings. The molecule has 0 saturated heterocycles. The molecule has 0 bridgehead atoms. The summed E-state index contributed by atoms with van der Waals surface area (Å²) < 4.78 is 34.1. The molecule has 142 valence electrons. The largest absolute Gasteiger partial charge is 0.486 e. The fourth-order valence-electron chi connectivity index (χ4n) is 2.24. The fourth-order valence-corrected chi connectivity index (χ4v) is 3.44. The third kappa shape index (κ3) is 5.27. The van der Waals surface area contributed by atoms with E-state index in [1.807, 2.05) is 13.8 Å². The van der Waals surface area contributed by atoms with Crippen LogP contribution in [-0.4, -0.2) is 40.3 Å². The smallest absolute Gasteiger partial charge is 0.321 e. The molecule has 0 saturated carbocycles. The van der Waals surface area contributed by atoms with Gasteiger partial charge in [-0.15, -0.1) is 0 Å². The molecule has 0 aliphatic heterocycles. The van der Waals surface area contributed by atoms with Crippen molar-refractivity contribution in [3.63, 3.8) is 0 Å². The van der Waals surface area contributed by atoms with Crippen LogP contribution in [0.5, 0.6) is 5.75 Å². The lowest BCUT2D eigenvalue weighted by Gasteiger charge is -2.16. The number of carboxylic acid groups (broad SMARTS) is 1. The van der Waals surface area contributed by atoms with Crippen LogP contribution in [0.4, 0.5) is 0 Å². The van der Waals surface area contributed by atoms with Crippen molar-refractivity contribution in [2.24, 2.45) is 13.0 Å². The molecule has 2 N–H and O–H groups in total. The van der Waals surface area contributed by atoms with Crippen LogP contribution in [-0.2, 0) is 28.5 Å². The van der Waals surface area contributed by atoms with E-state index in [1.54, 1.807) is 11.7 Å². The van der Waals surface area contributed by atoms with E-state index in [2.05, 4.69) is 14.8 Å². The average molecular weight is 382 g/mol. The van der Waals surface area contributed by atoms with Crippen molar-refractivity contribution in [3.8, 4) is 5.75 Å². The Labute approximate surface area is 152 Å². The van der Waals surface area contributed by atoms with Gasteiger partial charge in [0, 0.05) is 7.05 Å². The summed E-state index contributed by atoms with van der Waals surface area (Å²) in [7, 11) is -2.21. The molecule has 2 rings (SSSR count). The van der Waals surface area contributed by atoms with Crippen LogP contribution < -0.4 is 9.46 Å². The van der Waals surface area contributed by atoms with Gasteiger partial charge >= 0.3 is 5.97 Å². The lowest BCUT2D eigenvalue weighted by atomic mass is 10.1. The predicted molar refractivity (Wildman–Crippen MR) is 93.0 cm³/mol. The second-order valence-electron chi connectivity index (χ2n) is 6.20. The second kappa shape index (κ2) is 8.28. The van der Waals surface area contributed by atoms with Crippen LogP contribution in [0, 0.1) is 5.92 Å². The molecule has 1 aromatic carbocycles. The summed E-state index contributed by atoms with van der Waals surface area (Å²) in [5, 5.41) is 13.1. The Morgan fingerprint density at radius 2 is 1.96 bits per heavy atom. The maximum atomic E-state index is 12.4. The van der Waals surface area contributed by atoms with Gasteiger partial charge in [-0.25, -0.2) is 13.4 Å². The van der Waals surface area contributed by atoms with E-state index in [9.17, 15) is 18.3 Å². The van der Waals surface area contributed by atoms with Crippen LogP contribution in [0.25, 0.3) is 0 Å². The molecule has 9 nitrogen and oxygen atoms in total. The highest BCUT2D eigenvalue weighted by Gasteiger charge is 2.26. The Bertz CT molecular complexity index is 846. The molecule has 0 aliphatic carbocycles. The van der Waals surface area contributed by atoms with Crippen molar-refractivity contribution in [2.75, 3.05) is 0 Å². The van der Waals surface area contributed by atoms with E-state index in [-0.39, 0.29) is 23.8 Å². The van der Waals surface area contributed by atoms with Gasteiger partial charge in [-0.2, -0.15) is 9.82 Å². The van der Waals surface area contributed by atoms with Crippen LogP contribution in [0.15, 0.2) is 35.5 Å². The first-order valence-corrected chi connectivity index (χ1v) is 9.48. The minimum absolute atomic E-state index is 0.0292. The topological polar surface area (TPSA) is 123 Å². The minimum Gasteiger partial charge on any atom is -0.486 e. The van der Waals surface area contributed by atoms with Gasteiger partial charge in [-0.05, 0) is 36.6 Å². The minimum atomic E-state index is -3.94. The monoisotopic (exact) mass is 382 g/mol. The van der Waals surface area contributed by atoms with Crippen LogP contribution in [0.3, 0.4) is 0 Å². The highest BCUT2D eigenvalue weighted by Crippen LogP contribution is 2.18. The van der Waals surface area contributed by atoms with Gasteiger partial charge in [-0.3, -0.25) is 9.48 Å². The first-order chi connectivity index (χ1) is 12.2. The van der Waals surface area contributed by atoms with Crippen molar-refractivity contribution in [2.45, 2.75) is 37.8 Å². The van der Waals surface area contributed by atoms with Gasteiger partial charge in [0.2, 0.25) is 10.0 Å². The van der Waals surface area contributed by atoms with Gasteiger partial charge in [0.05, 0.1) is 4.90 Å². The third-order valence-electron chi connectivity index (χ3n) is 3.61. The molecule has 0 spiro atoms. The third-order valence-corrected chi connectivity index (χ3v) is 5.10. The highest BCUT2D eigenvalue weighted by atomic mass is 32.2. The molecule has 0 amide bonds. The zero-order valence-electron chi connectivity index (χ0n) is 14.8. The number of carbonyl (C=O) groups is 1. The number of rotatable bonds is 9. The quantitative estimate of drug-likeness (QED) is 0.667. The maximum absolute atomic E-state index is 12.4. The van der Waals surface area contributed by atoms with Gasteiger partial charge in [0.1, 0.15) is 24.7 Å². The number of aromatic nitrogens is 3. The van der Waals surface area contributed by atoms with Gasteiger partial charge in [0.15, 0.2) is 5.82 Å². The van der Waals surface area contributed by atoms with Crippen LogP contribution in [0.1, 0.15) is 26.1 Å². The van der Waals surface area contributed by atoms with Crippen LogP contribution in [0.2, 0.25) is 0 Å². The summed E-state index contributed by atoms with van der Waals surface area (Å²) in [5.74, 6) is -0.0774. The van der Waals surface area contributed by atoms with Crippen molar-refractivity contribution < 1.29 is 23.1 Å². The molecule has 2 aromatic rings. The van der Waals surface area contributed by atoms with E-state index in [0.29, 0.717) is 11.6 Å². The standard InChI is InChI=1S/C16H22N4O5S/c1-11(2)8-14(16(21)22)19-26(23,24)13-6-4-12(5-7-13)25-9-15-17-10-18-20(15)3/h4-7,10-11,14,19H,8-9H2,1-3H3,(H,21,22)/t14-/m0/s1. The molecule has 10 heteroatoms. The molecule has 0 aliphatic rings. The number of ether oxygens (including phenoxy) is 1. The predicted octanol–water partition coefficient (Wildman–Crippen LogP) is 1.17. The number of aryl methyl sites for hydroxylation is 1. The van der Waals surface area contributed by atoms with E-state index in [0.717, 1.165) is 0 Å². The fraction of sp³-hybridized carbons (Fsp3) is 0.438. The number of nitrogens with one attached hydrogen (secondary N) is 1. The first kappa shape index (κ1) is 19.9. The second-order valence-corrected chi connectivity index (χ2v) is 7.92. The number of hydrogen-bond acceptors (Lipinski definition) is 6.